The fourth-order valence-corrected chi connectivity index (χ4v) is 3.02. The van der Waals surface area contributed by atoms with Crippen LogP contribution in [0.2, 0.25) is 0 Å². The van der Waals surface area contributed by atoms with Crippen LogP contribution in [0.1, 0.15) is 39.5 Å². The van der Waals surface area contributed by atoms with Gasteiger partial charge in [-0.15, -0.1) is 11.6 Å². The highest BCUT2D eigenvalue weighted by Crippen LogP contribution is 2.22. The van der Waals surface area contributed by atoms with Crippen LogP contribution >= 0.6 is 11.6 Å². The number of alkyl halides is 1. The maximum atomic E-state index is 11.6. The van der Waals surface area contributed by atoms with Gasteiger partial charge in [0.15, 0.2) is 9.84 Å². The standard InChI is InChI=1S/C11H22ClNO2S/c1-9(2)16(14,15)8-7-13-11-5-3-10(12)4-6-11/h9-11,13H,3-8H2,1-2H3. The minimum Gasteiger partial charge on any atom is -0.313 e. The summed E-state index contributed by atoms with van der Waals surface area (Å²) in [6.45, 7) is 4.03. The molecule has 0 saturated heterocycles. The predicted octanol–water partition coefficient (Wildman–Crippen LogP) is 1.95. The van der Waals surface area contributed by atoms with E-state index in [1.54, 1.807) is 13.8 Å². The minimum absolute atomic E-state index is 0.242. The lowest BCUT2D eigenvalue weighted by molar-refractivity contribution is 0.384. The molecule has 3 nitrogen and oxygen atoms in total. The molecule has 0 atom stereocenters. The highest BCUT2D eigenvalue weighted by atomic mass is 35.5. The van der Waals surface area contributed by atoms with Crippen molar-refractivity contribution < 1.29 is 8.42 Å². The fourth-order valence-electron chi connectivity index (χ4n) is 1.90. The van der Waals surface area contributed by atoms with Gasteiger partial charge in [-0.25, -0.2) is 8.42 Å². The average Bonchev–Trinajstić information content (AvgIpc) is 2.20. The van der Waals surface area contributed by atoms with Crippen molar-refractivity contribution in [3.8, 4) is 0 Å². The number of sulfone groups is 1. The summed E-state index contributed by atoms with van der Waals surface area (Å²) in [4.78, 5) is 0. The van der Waals surface area contributed by atoms with Crippen molar-refractivity contribution in [3.05, 3.63) is 0 Å². The lowest BCUT2D eigenvalue weighted by Gasteiger charge is -2.26. The molecule has 0 amide bonds. The average molecular weight is 268 g/mol. The molecular weight excluding hydrogens is 246 g/mol. The molecule has 5 heteroatoms. The second-order valence-electron chi connectivity index (χ2n) is 4.82. The van der Waals surface area contributed by atoms with Gasteiger partial charge < -0.3 is 5.32 Å². The quantitative estimate of drug-likeness (QED) is 0.775. The summed E-state index contributed by atoms with van der Waals surface area (Å²) in [5.74, 6) is 0.242. The summed E-state index contributed by atoms with van der Waals surface area (Å²) >= 11 is 6.01. The van der Waals surface area contributed by atoms with Crippen LogP contribution in [0.3, 0.4) is 0 Å². The van der Waals surface area contributed by atoms with Crippen molar-refractivity contribution in [2.24, 2.45) is 0 Å². The van der Waals surface area contributed by atoms with E-state index in [0.29, 0.717) is 18.0 Å². The molecule has 1 saturated carbocycles. The molecule has 16 heavy (non-hydrogen) atoms. The Bertz CT molecular complexity index is 295. The van der Waals surface area contributed by atoms with E-state index in [-0.39, 0.29) is 11.0 Å². The van der Waals surface area contributed by atoms with Gasteiger partial charge in [-0.05, 0) is 39.5 Å². The van der Waals surface area contributed by atoms with Crippen molar-refractivity contribution >= 4 is 21.4 Å². The molecule has 96 valence electrons. The lowest BCUT2D eigenvalue weighted by atomic mass is 9.95. The van der Waals surface area contributed by atoms with Crippen LogP contribution in [-0.4, -0.2) is 37.4 Å². The van der Waals surface area contributed by atoms with Crippen LogP contribution in [0, 0.1) is 0 Å². The molecule has 0 unspecified atom stereocenters. The predicted molar refractivity (Wildman–Crippen MR) is 68.8 cm³/mol. The van der Waals surface area contributed by atoms with Crippen molar-refractivity contribution in [2.45, 2.75) is 56.2 Å². The molecule has 1 aliphatic carbocycles. The molecule has 1 rings (SSSR count). The van der Waals surface area contributed by atoms with E-state index in [2.05, 4.69) is 5.32 Å². The molecule has 1 N–H and O–H groups in total. The van der Waals surface area contributed by atoms with Gasteiger partial charge in [-0.3, -0.25) is 0 Å². The zero-order chi connectivity index (χ0) is 12.2. The van der Waals surface area contributed by atoms with Gasteiger partial charge in [0, 0.05) is 18.0 Å². The van der Waals surface area contributed by atoms with Crippen LogP contribution in [0.5, 0.6) is 0 Å². The summed E-state index contributed by atoms with van der Waals surface area (Å²) in [6, 6.07) is 0.456. The first kappa shape index (κ1) is 14.3. The van der Waals surface area contributed by atoms with Crippen molar-refractivity contribution in [1.82, 2.24) is 5.32 Å². The number of hydrogen-bond donors (Lipinski definition) is 1. The van der Waals surface area contributed by atoms with Crippen LogP contribution in [0.25, 0.3) is 0 Å². The number of halogens is 1. The van der Waals surface area contributed by atoms with Gasteiger partial charge >= 0.3 is 0 Å². The molecule has 0 aromatic carbocycles. The smallest absolute Gasteiger partial charge is 0.153 e. The van der Waals surface area contributed by atoms with Gasteiger partial charge in [0.25, 0.3) is 0 Å². The Morgan fingerprint density at radius 1 is 1.25 bits per heavy atom. The zero-order valence-electron chi connectivity index (χ0n) is 10.1. The Hall–Kier alpha value is 0.200. The van der Waals surface area contributed by atoms with E-state index in [0.717, 1.165) is 25.7 Å². The first-order valence-electron chi connectivity index (χ1n) is 6.01. The molecule has 1 fully saturated rings. The first-order chi connectivity index (χ1) is 7.42. The van der Waals surface area contributed by atoms with Gasteiger partial charge in [0.2, 0.25) is 0 Å². The summed E-state index contributed by atoms with van der Waals surface area (Å²) in [5.41, 5.74) is 0. The van der Waals surface area contributed by atoms with E-state index in [9.17, 15) is 8.42 Å². The maximum Gasteiger partial charge on any atom is 0.153 e. The third kappa shape index (κ3) is 4.60. The highest BCUT2D eigenvalue weighted by Gasteiger charge is 2.20. The summed E-state index contributed by atoms with van der Waals surface area (Å²) in [6.07, 6.45) is 4.21. The topological polar surface area (TPSA) is 46.2 Å². The van der Waals surface area contributed by atoms with E-state index < -0.39 is 9.84 Å². The number of rotatable bonds is 5. The van der Waals surface area contributed by atoms with E-state index in [1.165, 1.54) is 0 Å². The summed E-state index contributed by atoms with van der Waals surface area (Å²) in [7, 11) is -2.90. The van der Waals surface area contributed by atoms with Crippen molar-refractivity contribution in [3.63, 3.8) is 0 Å². The van der Waals surface area contributed by atoms with Crippen LogP contribution in [0.15, 0.2) is 0 Å². The number of hydrogen-bond acceptors (Lipinski definition) is 3. The Kier molecular flexibility index (Phi) is 5.54. The Balaban J connectivity index is 2.21. The molecule has 0 aromatic heterocycles. The largest absolute Gasteiger partial charge is 0.313 e. The maximum absolute atomic E-state index is 11.6. The Morgan fingerprint density at radius 3 is 2.31 bits per heavy atom. The molecular formula is C11H22ClNO2S. The highest BCUT2D eigenvalue weighted by molar-refractivity contribution is 7.92. The van der Waals surface area contributed by atoms with Crippen molar-refractivity contribution in [2.75, 3.05) is 12.3 Å². The molecule has 0 heterocycles. The third-order valence-corrected chi connectivity index (χ3v) is 5.84. The second-order valence-corrected chi connectivity index (χ2v) is 8.11. The van der Waals surface area contributed by atoms with Crippen LogP contribution in [-0.2, 0) is 9.84 Å². The van der Waals surface area contributed by atoms with Gasteiger partial charge in [-0.1, -0.05) is 0 Å². The second kappa shape index (κ2) is 6.22. The van der Waals surface area contributed by atoms with Gasteiger partial charge in [0.1, 0.15) is 0 Å². The third-order valence-electron chi connectivity index (χ3n) is 3.19. The van der Waals surface area contributed by atoms with E-state index in [1.807, 2.05) is 0 Å². The molecule has 0 bridgehead atoms. The molecule has 1 aliphatic rings. The summed E-state index contributed by atoms with van der Waals surface area (Å²) < 4.78 is 23.1. The minimum atomic E-state index is -2.90. The Labute approximate surface area is 104 Å². The van der Waals surface area contributed by atoms with Crippen LogP contribution < -0.4 is 5.32 Å². The monoisotopic (exact) mass is 267 g/mol. The zero-order valence-corrected chi connectivity index (χ0v) is 11.6. The summed E-state index contributed by atoms with van der Waals surface area (Å²) in [5, 5.41) is 3.36. The molecule has 0 radical (unpaired) electrons. The SMILES string of the molecule is CC(C)S(=O)(=O)CCNC1CCC(Cl)CC1. The molecule has 0 aromatic rings. The van der Waals surface area contributed by atoms with Crippen molar-refractivity contribution in [1.29, 1.82) is 0 Å². The van der Waals surface area contributed by atoms with Gasteiger partial charge in [-0.2, -0.15) is 0 Å². The lowest BCUT2D eigenvalue weighted by Crippen LogP contribution is -2.37. The fraction of sp³-hybridized carbons (Fsp3) is 1.00. The van der Waals surface area contributed by atoms with E-state index in [4.69, 9.17) is 11.6 Å². The Morgan fingerprint density at radius 2 is 1.81 bits per heavy atom. The molecule has 0 aliphatic heterocycles. The normalized spacial score (nSPS) is 27.2. The van der Waals surface area contributed by atoms with E-state index >= 15 is 0 Å². The first-order valence-corrected chi connectivity index (χ1v) is 8.16. The number of nitrogens with one attached hydrogen (secondary N) is 1. The van der Waals surface area contributed by atoms with Gasteiger partial charge in [0.05, 0.1) is 11.0 Å². The molecule has 0 spiro atoms. The van der Waals surface area contributed by atoms with Crippen LogP contribution in [0.4, 0.5) is 0 Å².